The van der Waals surface area contributed by atoms with Crippen molar-refractivity contribution >= 4 is 40.7 Å². The predicted octanol–water partition coefficient (Wildman–Crippen LogP) is 5.19. The number of nitro benzene ring substituents is 1. The molecule has 0 aliphatic rings. The summed E-state index contributed by atoms with van der Waals surface area (Å²) in [5.74, 6) is -0.329. The van der Waals surface area contributed by atoms with Crippen molar-refractivity contribution < 1.29 is 9.72 Å². The summed E-state index contributed by atoms with van der Waals surface area (Å²) in [4.78, 5) is 22.4. The first kappa shape index (κ1) is 17.8. The second-order valence-corrected chi connectivity index (χ2v) is 6.18. The Morgan fingerprint density at radius 1 is 1.12 bits per heavy atom. The van der Waals surface area contributed by atoms with Crippen LogP contribution >= 0.6 is 23.2 Å². The molecule has 1 aromatic heterocycles. The van der Waals surface area contributed by atoms with Crippen molar-refractivity contribution in [3.8, 4) is 11.3 Å². The van der Waals surface area contributed by atoms with E-state index >= 15 is 0 Å². The van der Waals surface area contributed by atoms with Crippen LogP contribution in [0.15, 0.2) is 54.6 Å². The van der Waals surface area contributed by atoms with Crippen molar-refractivity contribution in [1.29, 1.82) is 0 Å². The van der Waals surface area contributed by atoms with E-state index in [4.69, 9.17) is 23.2 Å². The van der Waals surface area contributed by atoms with Crippen LogP contribution in [0.25, 0.3) is 17.3 Å². The average Bonchev–Trinajstić information content (AvgIpc) is 3.09. The fourth-order valence-corrected chi connectivity index (χ4v) is 2.64. The number of aromatic amines is 1. The minimum Gasteiger partial charge on any atom is -0.289 e. The number of rotatable bonds is 5. The third-order valence-electron chi connectivity index (χ3n) is 3.58. The monoisotopic (exact) mass is 387 g/mol. The molecule has 0 bridgehead atoms. The van der Waals surface area contributed by atoms with Crippen LogP contribution < -0.4 is 0 Å². The molecule has 0 fully saturated rings. The molecule has 1 heterocycles. The lowest BCUT2D eigenvalue weighted by Gasteiger charge is -1.98. The predicted molar refractivity (Wildman–Crippen MR) is 101 cm³/mol. The van der Waals surface area contributed by atoms with Gasteiger partial charge in [0.05, 0.1) is 16.3 Å². The van der Waals surface area contributed by atoms with E-state index in [0.29, 0.717) is 16.4 Å². The SMILES string of the molecule is O=C(/C=C/c1cc(-c2ccc(Cl)cc2)n[nH]1)c1ccc([N+](=O)[O-])c(Cl)c1. The van der Waals surface area contributed by atoms with Gasteiger partial charge >= 0.3 is 0 Å². The van der Waals surface area contributed by atoms with Crippen molar-refractivity contribution in [3.05, 3.63) is 86.0 Å². The number of H-pyrrole nitrogens is 1. The molecule has 2 aromatic carbocycles. The van der Waals surface area contributed by atoms with Gasteiger partial charge in [-0.2, -0.15) is 5.10 Å². The zero-order chi connectivity index (χ0) is 18.7. The fraction of sp³-hybridized carbons (Fsp3) is 0. The number of hydrogen-bond donors (Lipinski definition) is 1. The van der Waals surface area contributed by atoms with Crippen molar-refractivity contribution in [2.45, 2.75) is 0 Å². The van der Waals surface area contributed by atoms with Crippen LogP contribution in [0.1, 0.15) is 16.1 Å². The first-order valence-electron chi connectivity index (χ1n) is 7.42. The van der Waals surface area contributed by atoms with Crippen LogP contribution in [0.3, 0.4) is 0 Å². The highest BCUT2D eigenvalue weighted by molar-refractivity contribution is 6.33. The van der Waals surface area contributed by atoms with E-state index < -0.39 is 4.92 Å². The fourth-order valence-electron chi connectivity index (χ4n) is 2.26. The Kier molecular flexibility index (Phi) is 5.16. The molecule has 0 spiro atoms. The largest absolute Gasteiger partial charge is 0.289 e. The van der Waals surface area contributed by atoms with Gasteiger partial charge in [-0.25, -0.2) is 0 Å². The third-order valence-corrected chi connectivity index (χ3v) is 4.14. The van der Waals surface area contributed by atoms with Gasteiger partial charge in [-0.3, -0.25) is 20.0 Å². The first-order chi connectivity index (χ1) is 12.4. The number of ketones is 1. The van der Waals surface area contributed by atoms with Crippen LogP contribution in [0.5, 0.6) is 0 Å². The Balaban J connectivity index is 1.76. The van der Waals surface area contributed by atoms with Gasteiger partial charge in [-0.15, -0.1) is 0 Å². The summed E-state index contributed by atoms with van der Waals surface area (Å²) < 4.78 is 0. The number of halogens is 2. The molecule has 130 valence electrons. The summed E-state index contributed by atoms with van der Waals surface area (Å²) in [5, 5.41) is 18.3. The van der Waals surface area contributed by atoms with Gasteiger partial charge in [0.1, 0.15) is 5.02 Å². The summed E-state index contributed by atoms with van der Waals surface area (Å²) in [6.45, 7) is 0. The van der Waals surface area contributed by atoms with Gasteiger partial charge in [0.2, 0.25) is 0 Å². The highest BCUT2D eigenvalue weighted by Gasteiger charge is 2.14. The van der Waals surface area contributed by atoms with Crippen molar-refractivity contribution in [1.82, 2.24) is 10.2 Å². The van der Waals surface area contributed by atoms with Crippen LogP contribution in [-0.2, 0) is 0 Å². The van der Waals surface area contributed by atoms with Crippen LogP contribution in [0.4, 0.5) is 5.69 Å². The number of carbonyl (C=O) groups is 1. The van der Waals surface area contributed by atoms with Crippen LogP contribution in [0.2, 0.25) is 10.0 Å². The minimum absolute atomic E-state index is 0.0826. The van der Waals surface area contributed by atoms with Gasteiger partial charge in [0.15, 0.2) is 5.78 Å². The molecule has 0 saturated carbocycles. The summed E-state index contributed by atoms with van der Waals surface area (Å²) in [6.07, 6.45) is 2.92. The van der Waals surface area contributed by atoms with Crippen molar-refractivity contribution in [2.75, 3.05) is 0 Å². The molecular formula is C18H11Cl2N3O3. The molecule has 0 atom stereocenters. The Morgan fingerprint density at radius 2 is 1.85 bits per heavy atom. The summed E-state index contributed by atoms with van der Waals surface area (Å²) in [6, 6.07) is 12.9. The zero-order valence-corrected chi connectivity index (χ0v) is 14.7. The number of carbonyl (C=O) groups excluding carboxylic acids is 1. The van der Waals surface area contributed by atoms with Gasteiger partial charge < -0.3 is 0 Å². The van der Waals surface area contributed by atoms with E-state index in [0.717, 1.165) is 5.56 Å². The molecular weight excluding hydrogens is 377 g/mol. The molecule has 0 aliphatic carbocycles. The highest BCUT2D eigenvalue weighted by atomic mass is 35.5. The summed E-state index contributed by atoms with van der Waals surface area (Å²) in [5.41, 5.74) is 2.25. The smallest absolute Gasteiger partial charge is 0.287 e. The highest BCUT2D eigenvalue weighted by Crippen LogP contribution is 2.25. The van der Waals surface area contributed by atoms with Gasteiger partial charge in [0.25, 0.3) is 5.69 Å². The topological polar surface area (TPSA) is 88.9 Å². The lowest BCUT2D eigenvalue weighted by atomic mass is 10.1. The lowest BCUT2D eigenvalue weighted by molar-refractivity contribution is -0.384. The molecule has 8 heteroatoms. The molecule has 0 unspecified atom stereocenters. The standard InChI is InChI=1S/C18H11Cl2N3O3/c19-13-4-1-11(2-5-13)16-10-14(21-22-16)6-8-18(24)12-3-7-17(23(25)26)15(20)9-12/h1-10H,(H,21,22)/b8-6+. The number of hydrogen-bond acceptors (Lipinski definition) is 4. The molecule has 0 saturated heterocycles. The molecule has 6 nitrogen and oxygen atoms in total. The second-order valence-electron chi connectivity index (χ2n) is 5.34. The first-order valence-corrected chi connectivity index (χ1v) is 8.17. The quantitative estimate of drug-likeness (QED) is 0.282. The Labute approximate surface area is 158 Å². The number of aromatic nitrogens is 2. The maximum absolute atomic E-state index is 12.2. The van der Waals surface area contributed by atoms with E-state index in [9.17, 15) is 14.9 Å². The minimum atomic E-state index is -0.602. The Bertz CT molecular complexity index is 1010. The zero-order valence-electron chi connectivity index (χ0n) is 13.1. The van der Waals surface area contributed by atoms with E-state index in [1.807, 2.05) is 12.1 Å². The summed E-state index contributed by atoms with van der Waals surface area (Å²) >= 11 is 11.7. The van der Waals surface area contributed by atoms with Crippen LogP contribution in [-0.4, -0.2) is 20.9 Å². The molecule has 3 rings (SSSR count). The van der Waals surface area contributed by atoms with Crippen LogP contribution in [0, 0.1) is 10.1 Å². The lowest BCUT2D eigenvalue weighted by Crippen LogP contribution is -1.96. The third kappa shape index (κ3) is 3.99. The van der Waals surface area contributed by atoms with E-state index in [2.05, 4.69) is 10.2 Å². The van der Waals surface area contributed by atoms with Gasteiger partial charge in [-0.05, 0) is 42.5 Å². The molecule has 0 aliphatic heterocycles. The van der Waals surface area contributed by atoms with E-state index in [1.165, 1.54) is 24.3 Å². The maximum atomic E-state index is 12.2. The normalized spacial score (nSPS) is 11.0. The number of allylic oxidation sites excluding steroid dienone is 1. The molecule has 1 N–H and O–H groups in total. The second kappa shape index (κ2) is 7.51. The molecule has 0 amide bonds. The van der Waals surface area contributed by atoms with Crippen molar-refractivity contribution in [2.24, 2.45) is 0 Å². The Hall–Kier alpha value is -2.96. The van der Waals surface area contributed by atoms with Gasteiger partial charge in [0, 0.05) is 22.2 Å². The van der Waals surface area contributed by atoms with E-state index in [-0.39, 0.29) is 22.1 Å². The number of benzene rings is 2. The maximum Gasteiger partial charge on any atom is 0.287 e. The number of nitrogens with zero attached hydrogens (tertiary/aromatic N) is 2. The molecule has 26 heavy (non-hydrogen) atoms. The summed E-state index contributed by atoms with van der Waals surface area (Å²) in [7, 11) is 0. The number of nitrogens with one attached hydrogen (secondary N) is 1. The number of nitro groups is 1. The molecule has 3 aromatic rings. The average molecular weight is 388 g/mol. The van der Waals surface area contributed by atoms with Crippen molar-refractivity contribution in [3.63, 3.8) is 0 Å². The van der Waals surface area contributed by atoms with Gasteiger partial charge in [-0.1, -0.05) is 35.3 Å². The molecule has 0 radical (unpaired) electrons. The Morgan fingerprint density at radius 3 is 2.50 bits per heavy atom. The van der Waals surface area contributed by atoms with E-state index in [1.54, 1.807) is 24.3 Å².